The van der Waals surface area contributed by atoms with Gasteiger partial charge in [0.2, 0.25) is 0 Å². The third-order valence-corrected chi connectivity index (χ3v) is 8.51. The Morgan fingerprint density at radius 1 is 1.05 bits per heavy atom. The molecule has 0 radical (unpaired) electrons. The Hall–Kier alpha value is -3.71. The highest BCUT2D eigenvalue weighted by Crippen LogP contribution is 2.46. The van der Waals surface area contributed by atoms with Gasteiger partial charge in [-0.2, -0.15) is 0 Å². The number of allylic oxidation sites excluding steroid dienone is 3. The zero-order valence-electron chi connectivity index (χ0n) is 21.9. The largest absolute Gasteiger partial charge is 0.372 e. The molecule has 7 heteroatoms. The average molecular weight is 530 g/mol. The number of thiophene rings is 1. The molecule has 2 aromatic carbocycles. The molecule has 5 rings (SSSR count). The summed E-state index contributed by atoms with van der Waals surface area (Å²) in [7, 11) is 0. The van der Waals surface area contributed by atoms with Crippen LogP contribution in [0.1, 0.15) is 55.9 Å². The summed E-state index contributed by atoms with van der Waals surface area (Å²) < 4.78 is 13.4. The summed E-state index contributed by atoms with van der Waals surface area (Å²) >= 11 is 1.67. The normalized spacial score (nSPS) is 19.2. The first kappa shape index (κ1) is 25.9. The van der Waals surface area contributed by atoms with Crippen LogP contribution in [0.15, 0.2) is 88.6 Å². The molecule has 0 unspecified atom stereocenters. The monoisotopic (exact) mass is 529 g/mol. The first-order valence-corrected chi connectivity index (χ1v) is 14.0. The van der Waals surface area contributed by atoms with Crippen molar-refractivity contribution in [3.8, 4) is 0 Å². The molecule has 1 aromatic heterocycles. The number of ketones is 1. The van der Waals surface area contributed by atoms with Crippen molar-refractivity contribution in [3.63, 3.8) is 0 Å². The molecule has 38 heavy (non-hydrogen) atoms. The van der Waals surface area contributed by atoms with Gasteiger partial charge in [-0.1, -0.05) is 18.2 Å². The number of halogens is 1. The highest BCUT2D eigenvalue weighted by atomic mass is 32.1. The molecule has 0 fully saturated rings. The summed E-state index contributed by atoms with van der Waals surface area (Å²) in [6.07, 6.45) is 1.14. The van der Waals surface area contributed by atoms with Gasteiger partial charge < -0.3 is 15.5 Å². The smallest absolute Gasteiger partial charge is 0.254 e. The summed E-state index contributed by atoms with van der Waals surface area (Å²) in [5, 5.41) is 8.39. The number of benzene rings is 2. The van der Waals surface area contributed by atoms with E-state index in [2.05, 4.69) is 47.6 Å². The van der Waals surface area contributed by atoms with E-state index in [1.165, 1.54) is 29.1 Å². The highest BCUT2D eigenvalue weighted by molar-refractivity contribution is 7.10. The van der Waals surface area contributed by atoms with Crippen LogP contribution in [0.3, 0.4) is 0 Å². The minimum atomic E-state index is -0.491. The third kappa shape index (κ3) is 5.03. The van der Waals surface area contributed by atoms with Crippen LogP contribution < -0.4 is 15.5 Å². The summed E-state index contributed by atoms with van der Waals surface area (Å²) in [6, 6.07) is 18.0. The molecule has 1 amide bonds. The van der Waals surface area contributed by atoms with Crippen molar-refractivity contribution in [1.82, 2.24) is 5.32 Å². The van der Waals surface area contributed by atoms with E-state index in [9.17, 15) is 14.0 Å². The number of dihydropyridines is 1. The fourth-order valence-electron chi connectivity index (χ4n) is 5.60. The van der Waals surface area contributed by atoms with E-state index in [4.69, 9.17) is 0 Å². The second-order valence-electron chi connectivity index (χ2n) is 9.76. The number of nitrogens with zero attached hydrogens (tertiary/aromatic N) is 1. The van der Waals surface area contributed by atoms with Crippen LogP contribution in [0.2, 0.25) is 0 Å². The van der Waals surface area contributed by atoms with Crippen LogP contribution >= 0.6 is 11.3 Å². The molecule has 1 aliphatic carbocycles. The van der Waals surface area contributed by atoms with Crippen LogP contribution in [0.4, 0.5) is 15.8 Å². The van der Waals surface area contributed by atoms with Crippen molar-refractivity contribution in [2.45, 2.75) is 45.4 Å². The molecular weight excluding hydrogens is 497 g/mol. The number of nitrogens with one attached hydrogen (secondary N) is 2. The average Bonchev–Trinajstić information content (AvgIpc) is 3.45. The van der Waals surface area contributed by atoms with E-state index in [1.807, 2.05) is 30.5 Å². The molecule has 196 valence electrons. The van der Waals surface area contributed by atoms with E-state index in [1.54, 1.807) is 11.3 Å². The Morgan fingerprint density at radius 3 is 2.39 bits per heavy atom. The summed E-state index contributed by atoms with van der Waals surface area (Å²) in [4.78, 5) is 30.9. The Bertz CT molecular complexity index is 1390. The minimum absolute atomic E-state index is 0.0644. The number of anilines is 2. The molecule has 0 saturated carbocycles. The molecule has 2 aliphatic rings. The van der Waals surface area contributed by atoms with Gasteiger partial charge in [-0.25, -0.2) is 4.39 Å². The zero-order valence-corrected chi connectivity index (χ0v) is 22.7. The van der Waals surface area contributed by atoms with E-state index in [0.717, 1.165) is 42.2 Å². The maximum absolute atomic E-state index is 13.8. The Balaban J connectivity index is 1.55. The number of rotatable bonds is 7. The molecule has 0 bridgehead atoms. The van der Waals surface area contributed by atoms with Crippen LogP contribution in [-0.2, 0) is 9.59 Å². The number of amides is 1. The van der Waals surface area contributed by atoms with Crippen LogP contribution in [-0.4, -0.2) is 24.8 Å². The van der Waals surface area contributed by atoms with Crippen molar-refractivity contribution in [2.24, 2.45) is 0 Å². The standard InChI is InChI=1S/C31H32FN3O2S/c1-4-35(5-2)24-14-8-20(9-15-24)29-28(31(37)34-23-12-10-22(32)11-13-23)19(3)33-25-17-21(18-26(36)30(25)29)27-7-6-16-38-27/h6-16,21,29,33H,4-5,17-18H2,1-3H3,(H,34,37)/t21-,29+/m1/s1. The van der Waals surface area contributed by atoms with Gasteiger partial charge in [0.05, 0.1) is 0 Å². The lowest BCUT2D eigenvalue weighted by molar-refractivity contribution is -0.116. The lowest BCUT2D eigenvalue weighted by atomic mass is 9.72. The van der Waals surface area contributed by atoms with Crippen LogP contribution in [0.25, 0.3) is 0 Å². The zero-order chi connectivity index (χ0) is 26.8. The van der Waals surface area contributed by atoms with Crippen molar-refractivity contribution < 1.29 is 14.0 Å². The van der Waals surface area contributed by atoms with Crippen molar-refractivity contribution in [2.75, 3.05) is 23.3 Å². The van der Waals surface area contributed by atoms with Gasteiger partial charge in [-0.05, 0) is 80.6 Å². The highest BCUT2D eigenvalue weighted by Gasteiger charge is 2.41. The fourth-order valence-corrected chi connectivity index (χ4v) is 6.43. The SMILES string of the molecule is CCN(CC)c1ccc([C@H]2C(C(=O)Nc3ccc(F)cc3)=C(C)NC3=C2C(=O)C[C@H](c2cccs2)C3)cc1. The Labute approximate surface area is 227 Å². The fraction of sp³-hybridized carbons (Fsp3) is 0.290. The van der Waals surface area contributed by atoms with Gasteiger partial charge in [-0.3, -0.25) is 9.59 Å². The molecule has 2 heterocycles. The number of Topliss-reactive ketones (excluding diaryl/α,β-unsaturated/α-hetero) is 1. The van der Waals surface area contributed by atoms with Crippen molar-refractivity contribution in [3.05, 3.63) is 105 Å². The van der Waals surface area contributed by atoms with Gasteiger partial charge in [-0.15, -0.1) is 11.3 Å². The summed E-state index contributed by atoms with van der Waals surface area (Å²) in [6.45, 7) is 7.92. The first-order valence-electron chi connectivity index (χ1n) is 13.1. The first-order chi connectivity index (χ1) is 18.4. The second-order valence-corrected chi connectivity index (χ2v) is 10.7. The maximum atomic E-state index is 13.8. The lowest BCUT2D eigenvalue weighted by Crippen LogP contribution is -2.37. The predicted octanol–water partition coefficient (Wildman–Crippen LogP) is 6.73. The third-order valence-electron chi connectivity index (χ3n) is 7.47. The van der Waals surface area contributed by atoms with E-state index in [-0.39, 0.29) is 23.4 Å². The molecule has 0 spiro atoms. The van der Waals surface area contributed by atoms with Gasteiger partial charge >= 0.3 is 0 Å². The van der Waals surface area contributed by atoms with Crippen LogP contribution in [0, 0.1) is 5.82 Å². The maximum Gasteiger partial charge on any atom is 0.254 e. The molecule has 5 nitrogen and oxygen atoms in total. The number of hydrogen-bond acceptors (Lipinski definition) is 5. The minimum Gasteiger partial charge on any atom is -0.372 e. The molecule has 1 aliphatic heterocycles. The molecule has 3 aromatic rings. The van der Waals surface area contributed by atoms with Gasteiger partial charge in [0.15, 0.2) is 5.78 Å². The van der Waals surface area contributed by atoms with Gasteiger partial charge in [0.25, 0.3) is 5.91 Å². The van der Waals surface area contributed by atoms with E-state index in [0.29, 0.717) is 23.3 Å². The number of carbonyl (C=O) groups excluding carboxylic acids is 2. The second kappa shape index (κ2) is 11.0. The summed E-state index contributed by atoms with van der Waals surface area (Å²) in [5.41, 5.74) is 5.30. The Morgan fingerprint density at radius 2 is 1.76 bits per heavy atom. The quantitative estimate of drug-likeness (QED) is 0.356. The van der Waals surface area contributed by atoms with E-state index >= 15 is 0 Å². The number of carbonyl (C=O) groups is 2. The van der Waals surface area contributed by atoms with Crippen molar-refractivity contribution in [1.29, 1.82) is 0 Å². The predicted molar refractivity (Wildman–Crippen MR) is 152 cm³/mol. The molecule has 0 saturated heterocycles. The van der Waals surface area contributed by atoms with Gasteiger partial charge in [0, 0.05) is 70.1 Å². The molecular formula is C31H32FN3O2S. The molecule has 2 N–H and O–H groups in total. The Kier molecular flexibility index (Phi) is 7.47. The number of hydrogen-bond donors (Lipinski definition) is 2. The van der Waals surface area contributed by atoms with Gasteiger partial charge in [0.1, 0.15) is 5.82 Å². The van der Waals surface area contributed by atoms with Crippen molar-refractivity contribution >= 4 is 34.4 Å². The topological polar surface area (TPSA) is 61.4 Å². The summed E-state index contributed by atoms with van der Waals surface area (Å²) in [5.74, 6) is -0.975. The van der Waals surface area contributed by atoms with Crippen LogP contribution in [0.5, 0.6) is 0 Å². The molecule has 2 atom stereocenters. The van der Waals surface area contributed by atoms with E-state index < -0.39 is 5.92 Å². The lowest BCUT2D eigenvalue weighted by Gasteiger charge is -2.37.